The number of aromatic nitrogens is 2. The van der Waals surface area contributed by atoms with E-state index in [2.05, 4.69) is 15.5 Å². The quantitative estimate of drug-likeness (QED) is 0.679. The van der Waals surface area contributed by atoms with Crippen molar-refractivity contribution in [2.75, 3.05) is 6.54 Å². The first-order valence-corrected chi connectivity index (χ1v) is 4.91. The van der Waals surface area contributed by atoms with E-state index in [0.29, 0.717) is 12.2 Å². The average Bonchev–Trinajstić information content (AvgIpc) is 2.47. The van der Waals surface area contributed by atoms with Crippen LogP contribution >= 0.6 is 0 Å². The molecule has 4 N–H and O–H groups in total. The van der Waals surface area contributed by atoms with Crippen LogP contribution in [0.4, 0.5) is 0 Å². The van der Waals surface area contributed by atoms with Gasteiger partial charge >= 0.3 is 0 Å². The van der Waals surface area contributed by atoms with Crippen LogP contribution in [0.15, 0.2) is 0 Å². The number of rotatable bonds is 3. The number of nitrogens with one attached hydrogen (secondary N) is 2. The van der Waals surface area contributed by atoms with Crippen molar-refractivity contribution >= 4 is 5.91 Å². The number of aromatic amines is 1. The zero-order chi connectivity index (χ0) is 11.6. The van der Waals surface area contributed by atoms with Crippen LogP contribution in [0.2, 0.25) is 0 Å². The third-order valence-electron chi connectivity index (χ3n) is 2.43. The monoisotopic (exact) mass is 210 g/mol. The molecule has 15 heavy (non-hydrogen) atoms. The highest BCUT2D eigenvalue weighted by molar-refractivity contribution is 5.94. The first-order valence-electron chi connectivity index (χ1n) is 4.91. The molecule has 1 rings (SSSR count). The SMILES string of the molecule is Cc1[nH]nc(C(=O)NC(C)(C)CN)c1C. The van der Waals surface area contributed by atoms with E-state index in [0.717, 1.165) is 11.3 Å². The standard InChI is InChI=1S/C10H18N4O/c1-6-7(2)13-14-8(6)9(15)12-10(3,4)5-11/h5,11H2,1-4H3,(H,12,15)(H,13,14). The van der Waals surface area contributed by atoms with Crippen LogP contribution in [0.5, 0.6) is 0 Å². The molecule has 84 valence electrons. The van der Waals surface area contributed by atoms with Crippen LogP contribution in [0, 0.1) is 13.8 Å². The van der Waals surface area contributed by atoms with E-state index in [4.69, 9.17) is 5.73 Å². The van der Waals surface area contributed by atoms with Crippen molar-refractivity contribution < 1.29 is 4.79 Å². The second-order valence-electron chi connectivity index (χ2n) is 4.36. The maximum atomic E-state index is 11.8. The van der Waals surface area contributed by atoms with Crippen LogP contribution in [-0.4, -0.2) is 28.2 Å². The zero-order valence-corrected chi connectivity index (χ0v) is 9.64. The Labute approximate surface area is 89.4 Å². The minimum absolute atomic E-state index is 0.188. The molecule has 1 heterocycles. The van der Waals surface area contributed by atoms with Crippen LogP contribution < -0.4 is 11.1 Å². The molecule has 0 saturated carbocycles. The summed E-state index contributed by atoms with van der Waals surface area (Å²) in [4.78, 5) is 11.8. The van der Waals surface area contributed by atoms with Crippen LogP contribution in [-0.2, 0) is 0 Å². The highest BCUT2D eigenvalue weighted by Crippen LogP contribution is 2.09. The van der Waals surface area contributed by atoms with E-state index in [1.165, 1.54) is 0 Å². The van der Waals surface area contributed by atoms with Gasteiger partial charge in [0, 0.05) is 23.3 Å². The van der Waals surface area contributed by atoms with Crippen molar-refractivity contribution in [1.29, 1.82) is 0 Å². The van der Waals surface area contributed by atoms with Gasteiger partial charge in [-0.05, 0) is 27.7 Å². The Morgan fingerprint density at radius 1 is 1.53 bits per heavy atom. The maximum absolute atomic E-state index is 11.8. The minimum Gasteiger partial charge on any atom is -0.344 e. The van der Waals surface area contributed by atoms with E-state index in [9.17, 15) is 4.79 Å². The van der Waals surface area contributed by atoms with Crippen LogP contribution in [0.25, 0.3) is 0 Å². The topological polar surface area (TPSA) is 83.8 Å². The minimum atomic E-state index is -0.406. The molecular formula is C10H18N4O. The Morgan fingerprint density at radius 2 is 2.13 bits per heavy atom. The summed E-state index contributed by atoms with van der Waals surface area (Å²) in [5.74, 6) is -0.188. The van der Waals surface area contributed by atoms with Gasteiger partial charge < -0.3 is 11.1 Å². The number of nitrogens with zero attached hydrogens (tertiary/aromatic N) is 1. The lowest BCUT2D eigenvalue weighted by Gasteiger charge is -2.23. The molecule has 5 heteroatoms. The third-order valence-corrected chi connectivity index (χ3v) is 2.43. The van der Waals surface area contributed by atoms with Crippen molar-refractivity contribution in [1.82, 2.24) is 15.5 Å². The number of hydrogen-bond donors (Lipinski definition) is 3. The number of amides is 1. The first-order chi connectivity index (χ1) is 6.87. The number of nitrogens with two attached hydrogens (primary N) is 1. The van der Waals surface area contributed by atoms with E-state index < -0.39 is 5.54 Å². The number of aryl methyl sites for hydroxylation is 1. The fourth-order valence-corrected chi connectivity index (χ4v) is 1.12. The van der Waals surface area contributed by atoms with Gasteiger partial charge in [0.25, 0.3) is 5.91 Å². The molecule has 0 unspecified atom stereocenters. The van der Waals surface area contributed by atoms with E-state index >= 15 is 0 Å². The van der Waals surface area contributed by atoms with Crippen molar-refractivity contribution in [2.45, 2.75) is 33.2 Å². The molecule has 0 atom stereocenters. The van der Waals surface area contributed by atoms with Crippen LogP contribution in [0.3, 0.4) is 0 Å². The molecule has 0 aromatic carbocycles. The number of carbonyl (C=O) groups excluding carboxylic acids is 1. The molecule has 0 aliphatic rings. The summed E-state index contributed by atoms with van der Waals surface area (Å²) in [6.45, 7) is 7.89. The van der Waals surface area contributed by atoms with E-state index in [1.54, 1.807) is 0 Å². The molecule has 0 aliphatic carbocycles. The molecule has 0 fully saturated rings. The normalized spacial score (nSPS) is 11.5. The first kappa shape index (κ1) is 11.7. The van der Waals surface area contributed by atoms with Gasteiger partial charge in [-0.3, -0.25) is 9.89 Å². The second kappa shape index (κ2) is 4.02. The van der Waals surface area contributed by atoms with Crippen molar-refractivity contribution in [3.8, 4) is 0 Å². The summed E-state index contributed by atoms with van der Waals surface area (Å²) in [6.07, 6.45) is 0. The fourth-order valence-electron chi connectivity index (χ4n) is 1.12. The van der Waals surface area contributed by atoms with Gasteiger partial charge in [-0.2, -0.15) is 5.10 Å². The van der Waals surface area contributed by atoms with Gasteiger partial charge in [0.15, 0.2) is 5.69 Å². The Hall–Kier alpha value is -1.36. The van der Waals surface area contributed by atoms with Crippen LogP contribution in [0.1, 0.15) is 35.6 Å². The third kappa shape index (κ3) is 2.56. The molecule has 0 aliphatic heterocycles. The highest BCUT2D eigenvalue weighted by atomic mass is 16.2. The summed E-state index contributed by atoms with van der Waals surface area (Å²) in [5.41, 5.74) is 7.35. The summed E-state index contributed by atoms with van der Waals surface area (Å²) < 4.78 is 0. The van der Waals surface area contributed by atoms with E-state index in [-0.39, 0.29) is 5.91 Å². The summed E-state index contributed by atoms with van der Waals surface area (Å²) in [5, 5.41) is 9.57. The Kier molecular flexibility index (Phi) is 3.14. The van der Waals surface area contributed by atoms with Gasteiger partial charge in [0.2, 0.25) is 0 Å². The molecule has 0 bridgehead atoms. The lowest BCUT2D eigenvalue weighted by molar-refractivity contribution is 0.0910. The van der Waals surface area contributed by atoms with E-state index in [1.807, 2.05) is 27.7 Å². The molecule has 1 amide bonds. The summed E-state index contributed by atoms with van der Waals surface area (Å²) in [6, 6.07) is 0. The van der Waals surface area contributed by atoms with Crippen molar-refractivity contribution in [2.24, 2.45) is 5.73 Å². The van der Waals surface area contributed by atoms with Gasteiger partial charge in [-0.1, -0.05) is 0 Å². The number of carbonyl (C=O) groups is 1. The Morgan fingerprint density at radius 3 is 2.53 bits per heavy atom. The molecule has 0 spiro atoms. The predicted octanol–water partition coefficient (Wildman–Crippen LogP) is 0.494. The number of H-pyrrole nitrogens is 1. The predicted molar refractivity (Wildman–Crippen MR) is 58.7 cm³/mol. The Bertz CT molecular complexity index is 367. The lowest BCUT2D eigenvalue weighted by Crippen LogP contribution is -2.49. The molecular weight excluding hydrogens is 192 g/mol. The molecule has 0 radical (unpaired) electrons. The van der Waals surface area contributed by atoms with Crippen molar-refractivity contribution in [3.63, 3.8) is 0 Å². The zero-order valence-electron chi connectivity index (χ0n) is 9.64. The largest absolute Gasteiger partial charge is 0.344 e. The van der Waals surface area contributed by atoms with Gasteiger partial charge in [-0.15, -0.1) is 0 Å². The fraction of sp³-hybridized carbons (Fsp3) is 0.600. The molecule has 1 aromatic rings. The molecule has 5 nitrogen and oxygen atoms in total. The molecule has 0 saturated heterocycles. The van der Waals surface area contributed by atoms with Gasteiger partial charge in [0.05, 0.1) is 0 Å². The number of hydrogen-bond acceptors (Lipinski definition) is 3. The second-order valence-corrected chi connectivity index (χ2v) is 4.36. The smallest absolute Gasteiger partial charge is 0.272 e. The summed E-state index contributed by atoms with van der Waals surface area (Å²) in [7, 11) is 0. The van der Waals surface area contributed by atoms with Gasteiger partial charge in [-0.25, -0.2) is 0 Å². The van der Waals surface area contributed by atoms with Crippen molar-refractivity contribution in [3.05, 3.63) is 17.0 Å². The highest BCUT2D eigenvalue weighted by Gasteiger charge is 2.22. The Balaban J connectivity index is 2.83. The lowest BCUT2D eigenvalue weighted by atomic mass is 10.1. The van der Waals surface area contributed by atoms with Gasteiger partial charge in [0.1, 0.15) is 0 Å². The summed E-state index contributed by atoms with van der Waals surface area (Å²) >= 11 is 0. The average molecular weight is 210 g/mol. The molecule has 1 aromatic heterocycles. The maximum Gasteiger partial charge on any atom is 0.272 e.